The Labute approximate surface area is 196 Å². The first-order valence-electron chi connectivity index (χ1n) is 10.2. The van der Waals surface area contributed by atoms with Crippen molar-refractivity contribution in [3.05, 3.63) is 45.4 Å². The third kappa shape index (κ3) is 4.32. The molecule has 4 aromatic rings. The number of hydrogen-bond acceptors (Lipinski definition) is 10. The topological polar surface area (TPSA) is 122 Å². The second-order valence-corrected chi connectivity index (χ2v) is 9.56. The summed E-state index contributed by atoms with van der Waals surface area (Å²) in [5.41, 5.74) is 6.88. The summed E-state index contributed by atoms with van der Waals surface area (Å²) in [7, 11) is 0. The lowest BCUT2D eigenvalue weighted by atomic mass is 10.1. The van der Waals surface area contributed by atoms with Crippen LogP contribution < -0.4 is 15.8 Å². The van der Waals surface area contributed by atoms with Gasteiger partial charge >= 0.3 is 0 Å². The molecule has 0 saturated carbocycles. The quantitative estimate of drug-likeness (QED) is 0.424. The zero-order chi connectivity index (χ0) is 22.9. The molecule has 2 N–H and O–H groups in total. The summed E-state index contributed by atoms with van der Waals surface area (Å²) in [6.45, 7) is 6.46. The van der Waals surface area contributed by atoms with E-state index in [1.807, 2.05) is 19.1 Å². The first-order chi connectivity index (χ1) is 16.0. The summed E-state index contributed by atoms with van der Waals surface area (Å²) in [4.78, 5) is 38.6. The van der Waals surface area contributed by atoms with Crippen molar-refractivity contribution in [2.45, 2.75) is 13.8 Å². The van der Waals surface area contributed by atoms with E-state index in [2.05, 4.69) is 30.9 Å². The molecule has 2 amide bonds. The number of pyridine rings is 1. The van der Waals surface area contributed by atoms with Crippen molar-refractivity contribution in [3.8, 4) is 10.6 Å². The molecular formula is C21H20N6O4S2. The number of nitrogens with one attached hydrogen (secondary N) is 2. The summed E-state index contributed by atoms with van der Waals surface area (Å²) >= 11 is 2.94. The zero-order valence-corrected chi connectivity index (χ0v) is 19.5. The van der Waals surface area contributed by atoms with Crippen molar-refractivity contribution in [3.63, 3.8) is 0 Å². The Morgan fingerprint density at radius 1 is 1.09 bits per heavy atom. The van der Waals surface area contributed by atoms with Gasteiger partial charge in [0.1, 0.15) is 5.69 Å². The van der Waals surface area contributed by atoms with Gasteiger partial charge in [-0.2, -0.15) is 0 Å². The second-order valence-electron chi connectivity index (χ2n) is 7.44. The van der Waals surface area contributed by atoms with E-state index in [4.69, 9.17) is 9.26 Å². The molecule has 1 saturated heterocycles. The molecule has 4 aromatic heterocycles. The monoisotopic (exact) mass is 484 g/mol. The number of carbonyl (C=O) groups is 2. The second kappa shape index (κ2) is 8.89. The van der Waals surface area contributed by atoms with Crippen LogP contribution in [0.25, 0.3) is 21.7 Å². The van der Waals surface area contributed by atoms with Gasteiger partial charge in [-0.25, -0.2) is 9.97 Å². The number of thiazole rings is 1. The molecule has 5 rings (SSSR count). The van der Waals surface area contributed by atoms with Gasteiger partial charge in [0.25, 0.3) is 17.5 Å². The molecule has 0 radical (unpaired) electrons. The molecule has 1 fully saturated rings. The van der Waals surface area contributed by atoms with Gasteiger partial charge in [-0.05, 0) is 32.0 Å². The number of anilines is 1. The lowest BCUT2D eigenvalue weighted by molar-refractivity contribution is 0.0845. The van der Waals surface area contributed by atoms with Crippen LogP contribution in [0, 0.1) is 13.8 Å². The van der Waals surface area contributed by atoms with Crippen molar-refractivity contribution >= 4 is 50.7 Å². The Kier molecular flexibility index (Phi) is 5.79. The number of nitrogens with zero attached hydrogens (tertiary/aromatic N) is 4. The van der Waals surface area contributed by atoms with Crippen LogP contribution >= 0.6 is 22.7 Å². The molecule has 33 heavy (non-hydrogen) atoms. The number of rotatable bonds is 4. The van der Waals surface area contributed by atoms with Gasteiger partial charge in [-0.3, -0.25) is 20.4 Å². The maximum Gasteiger partial charge on any atom is 0.289 e. The minimum atomic E-state index is -0.500. The summed E-state index contributed by atoms with van der Waals surface area (Å²) in [6, 6.07) is 5.60. The van der Waals surface area contributed by atoms with Gasteiger partial charge < -0.3 is 14.2 Å². The van der Waals surface area contributed by atoms with Crippen LogP contribution in [0.5, 0.6) is 0 Å². The molecule has 0 unspecified atom stereocenters. The van der Waals surface area contributed by atoms with E-state index in [1.54, 1.807) is 29.7 Å². The smallest absolute Gasteiger partial charge is 0.289 e. The van der Waals surface area contributed by atoms with Crippen molar-refractivity contribution in [1.82, 2.24) is 26.0 Å². The number of fused-ring (bicyclic) bond motifs is 1. The number of carbonyl (C=O) groups excluding carboxylic acids is 2. The number of amides is 2. The minimum absolute atomic E-state index is 0.234. The molecular weight excluding hydrogens is 464 g/mol. The Morgan fingerprint density at radius 2 is 1.88 bits per heavy atom. The fourth-order valence-electron chi connectivity index (χ4n) is 3.49. The van der Waals surface area contributed by atoms with E-state index >= 15 is 0 Å². The van der Waals surface area contributed by atoms with Gasteiger partial charge in [-0.1, -0.05) is 5.16 Å². The molecule has 0 bridgehead atoms. The molecule has 1 aliphatic rings. The minimum Gasteiger partial charge on any atom is -0.378 e. The summed E-state index contributed by atoms with van der Waals surface area (Å²) in [5.74, 6) is -0.999. The number of aromatic nitrogens is 3. The van der Waals surface area contributed by atoms with Gasteiger partial charge in [0.15, 0.2) is 5.13 Å². The molecule has 0 atom stereocenters. The normalized spacial score (nSPS) is 13.9. The zero-order valence-electron chi connectivity index (χ0n) is 17.9. The van der Waals surface area contributed by atoms with Crippen LogP contribution in [0.4, 0.5) is 5.13 Å². The highest BCUT2D eigenvalue weighted by Gasteiger charge is 2.22. The maximum atomic E-state index is 13.0. The van der Waals surface area contributed by atoms with E-state index in [-0.39, 0.29) is 11.4 Å². The highest BCUT2D eigenvalue weighted by Crippen LogP contribution is 2.31. The number of ether oxygens (including phenoxy) is 1. The van der Waals surface area contributed by atoms with Crippen LogP contribution in [-0.2, 0) is 4.74 Å². The highest BCUT2D eigenvalue weighted by molar-refractivity contribution is 7.15. The predicted molar refractivity (Wildman–Crippen MR) is 125 cm³/mol. The molecule has 1 aliphatic heterocycles. The van der Waals surface area contributed by atoms with E-state index < -0.39 is 11.8 Å². The van der Waals surface area contributed by atoms with Gasteiger partial charge in [0.05, 0.1) is 40.4 Å². The molecule has 0 aliphatic carbocycles. The SMILES string of the molecule is Cc1ccc(-c2cc(C(=O)NNC(=O)c3csc(N4CCOCC4)n3)c3c(C)noc3n2)s1. The van der Waals surface area contributed by atoms with Gasteiger partial charge in [0, 0.05) is 23.3 Å². The van der Waals surface area contributed by atoms with Gasteiger partial charge in [-0.15, -0.1) is 22.7 Å². The average molecular weight is 485 g/mol. The Bertz CT molecular complexity index is 1340. The number of thiophene rings is 1. The predicted octanol–water partition coefficient (Wildman–Crippen LogP) is 2.94. The van der Waals surface area contributed by atoms with Crippen molar-refractivity contribution in [2.24, 2.45) is 0 Å². The lowest BCUT2D eigenvalue weighted by Gasteiger charge is -2.25. The van der Waals surface area contributed by atoms with Gasteiger partial charge in [0.2, 0.25) is 0 Å². The van der Waals surface area contributed by atoms with Crippen molar-refractivity contribution in [2.75, 3.05) is 31.2 Å². The Hall–Kier alpha value is -3.35. The third-order valence-electron chi connectivity index (χ3n) is 5.15. The van der Waals surface area contributed by atoms with Crippen LogP contribution in [0.15, 0.2) is 28.1 Å². The number of hydrogen-bond donors (Lipinski definition) is 2. The molecule has 10 nitrogen and oxygen atoms in total. The highest BCUT2D eigenvalue weighted by atomic mass is 32.1. The van der Waals surface area contributed by atoms with E-state index in [0.717, 1.165) is 28.0 Å². The number of morpholine rings is 1. The summed E-state index contributed by atoms with van der Waals surface area (Å²) in [5, 5.41) is 6.86. The number of hydrazine groups is 1. The van der Waals surface area contributed by atoms with E-state index in [9.17, 15) is 9.59 Å². The first kappa shape index (κ1) is 21.5. The molecule has 5 heterocycles. The fourth-order valence-corrected chi connectivity index (χ4v) is 5.17. The lowest BCUT2D eigenvalue weighted by Crippen LogP contribution is -2.42. The van der Waals surface area contributed by atoms with Crippen LogP contribution in [-0.4, -0.2) is 53.2 Å². The third-order valence-corrected chi connectivity index (χ3v) is 7.08. The molecule has 12 heteroatoms. The van der Waals surface area contributed by atoms with Crippen LogP contribution in [0.3, 0.4) is 0 Å². The maximum absolute atomic E-state index is 13.0. The van der Waals surface area contributed by atoms with Crippen LogP contribution in [0.2, 0.25) is 0 Å². The fraction of sp³-hybridized carbons (Fsp3) is 0.286. The van der Waals surface area contributed by atoms with E-state index in [0.29, 0.717) is 35.6 Å². The standard InChI is InChI=1S/C21H20N6O4S2/c1-11-3-4-16(33-11)14-9-13(17-12(2)26-31-20(17)22-14)18(28)24-25-19(29)15-10-32-21(23-15)27-5-7-30-8-6-27/h3-4,9-10H,5-8H2,1-2H3,(H,24,28)(H,25,29). The molecule has 170 valence electrons. The van der Waals surface area contributed by atoms with E-state index in [1.165, 1.54) is 11.3 Å². The number of aryl methyl sites for hydroxylation is 2. The largest absolute Gasteiger partial charge is 0.378 e. The molecule has 0 aromatic carbocycles. The Balaban J connectivity index is 1.34. The summed E-state index contributed by atoms with van der Waals surface area (Å²) in [6.07, 6.45) is 0. The average Bonchev–Trinajstić information content (AvgIpc) is 3.58. The van der Waals surface area contributed by atoms with Crippen LogP contribution in [0.1, 0.15) is 31.4 Å². The first-order valence-corrected chi connectivity index (χ1v) is 11.9. The molecule has 0 spiro atoms. The Morgan fingerprint density at radius 3 is 2.64 bits per heavy atom. The summed E-state index contributed by atoms with van der Waals surface area (Å²) < 4.78 is 10.7. The van der Waals surface area contributed by atoms with Crippen molar-refractivity contribution in [1.29, 1.82) is 0 Å². The van der Waals surface area contributed by atoms with Crippen molar-refractivity contribution < 1.29 is 18.8 Å².